The van der Waals surface area contributed by atoms with Crippen LogP contribution in [0.5, 0.6) is 0 Å². The molecule has 0 aliphatic carbocycles. The summed E-state index contributed by atoms with van der Waals surface area (Å²) < 4.78 is 8.19. The van der Waals surface area contributed by atoms with Gasteiger partial charge in [0.1, 0.15) is 0 Å². The van der Waals surface area contributed by atoms with E-state index < -0.39 is 0 Å². The Labute approximate surface area is 63.9 Å². The molecule has 4 heteroatoms. The Morgan fingerprint density at radius 2 is 1.25 bits per heavy atom. The zero-order chi connectivity index (χ0) is 2.00. The summed E-state index contributed by atoms with van der Waals surface area (Å²) in [6.07, 6.45) is 0. The molecule has 0 bridgehead atoms. The maximum absolute atomic E-state index is 8.19. The molecule has 1 nitrogen and oxygen atoms in total. The molecule has 28 valence electrons. The molecule has 0 N–H and O–H groups in total. The van der Waals surface area contributed by atoms with Gasteiger partial charge in [0.25, 0.3) is 0 Å². The molecule has 0 unspecified atom stereocenters. The van der Waals surface area contributed by atoms with E-state index >= 15 is 0 Å². The molecule has 4 heavy (non-hydrogen) atoms. The molecule has 0 amide bonds. The first-order valence-electron chi connectivity index (χ1n) is 0.183. The second-order valence-electron chi connectivity index (χ2n) is 0. The first-order chi connectivity index (χ1) is 1.00. The van der Waals surface area contributed by atoms with Crippen molar-refractivity contribution in [3.05, 3.63) is 0 Å². The van der Waals surface area contributed by atoms with Crippen molar-refractivity contribution in [1.82, 2.24) is 0 Å². The Kier molecular flexibility index (Phi) is 90.6. The molecule has 0 rings (SSSR count). The van der Waals surface area contributed by atoms with Crippen LogP contribution in [0.25, 0.3) is 0 Å². The first-order valence-corrected chi connectivity index (χ1v) is 0.753. The Morgan fingerprint density at radius 1 is 1.25 bits per heavy atom. The molecular weight excluding hydrogens is 448 g/mol. The van der Waals surface area contributed by atoms with E-state index in [1.165, 1.54) is 0 Å². The summed E-state index contributed by atoms with van der Waals surface area (Å²) in [7, 11) is 0. The van der Waals surface area contributed by atoms with Gasteiger partial charge in [0, 0.05) is 43.4 Å². The molecule has 0 aliphatic rings. The minimum atomic E-state index is 0. The van der Waals surface area contributed by atoms with Crippen molar-refractivity contribution in [3.8, 4) is 0 Å². The van der Waals surface area contributed by atoms with Crippen molar-refractivity contribution in [3.63, 3.8) is 0 Å². The van der Waals surface area contributed by atoms with Gasteiger partial charge in [-0.05, 0) is 0 Å². The minimum absolute atomic E-state index is 0. The molecule has 0 aromatic rings. The van der Waals surface area contributed by atoms with Gasteiger partial charge in [-0.3, -0.25) is 0 Å². The maximum Gasteiger partial charge on any atom is 0 e. The largest absolute Gasteiger partial charge is 0 e. The van der Waals surface area contributed by atoms with Crippen LogP contribution in [0.1, 0.15) is 0 Å². The van der Waals surface area contributed by atoms with Crippen molar-refractivity contribution < 1.29 is 64.5 Å². The third-order valence-electron chi connectivity index (χ3n) is 0. The Bertz CT molecular complexity index is 8.00. The van der Waals surface area contributed by atoms with E-state index in [0.29, 0.717) is 0 Å². The normalized spacial score (nSPS) is 0.750. The van der Waals surface area contributed by atoms with Gasteiger partial charge in [0.2, 0.25) is 0 Å². The standard InChI is InChI=1S/Au.O.V.W. The van der Waals surface area contributed by atoms with Crippen molar-refractivity contribution in [2.75, 3.05) is 0 Å². The fraction of sp³-hybridized carbons (Fsp3) is 0. The van der Waals surface area contributed by atoms with E-state index in [0.717, 1.165) is 17.4 Å². The quantitative estimate of drug-likeness (QED) is 0.473. The van der Waals surface area contributed by atoms with E-state index in [1.807, 2.05) is 0 Å². The van der Waals surface area contributed by atoms with Crippen molar-refractivity contribution in [2.45, 2.75) is 0 Å². The predicted molar refractivity (Wildman–Crippen MR) is 0.686 cm³/mol. The van der Waals surface area contributed by atoms with Gasteiger partial charge in [-0.25, -0.2) is 0 Å². The molecule has 0 aliphatic heterocycles. The van der Waals surface area contributed by atoms with Gasteiger partial charge in [-0.15, -0.1) is 0 Å². The number of hydrogen-bond donors (Lipinski definition) is 0. The zero-order valence-electron chi connectivity index (χ0n) is 1.57. The van der Waals surface area contributed by atoms with Crippen LogP contribution in [0, 0.1) is 0 Å². The van der Waals surface area contributed by atoms with Gasteiger partial charge in [0.05, 0.1) is 0 Å². The summed E-state index contributed by atoms with van der Waals surface area (Å²) in [4.78, 5) is 0. The summed E-state index contributed by atoms with van der Waals surface area (Å²) >= 11 is 1.06. The molecule has 0 heterocycles. The van der Waals surface area contributed by atoms with Crippen molar-refractivity contribution >= 4 is 0 Å². The van der Waals surface area contributed by atoms with Crippen LogP contribution in [0.3, 0.4) is 0 Å². The van der Waals surface area contributed by atoms with Crippen molar-refractivity contribution in [1.29, 1.82) is 0 Å². The van der Waals surface area contributed by atoms with Crippen LogP contribution in [0.2, 0.25) is 0 Å². The van der Waals surface area contributed by atoms with E-state index in [-0.39, 0.29) is 43.4 Å². The van der Waals surface area contributed by atoms with Gasteiger partial charge >= 0.3 is 21.0 Å². The summed E-state index contributed by atoms with van der Waals surface area (Å²) in [5.41, 5.74) is 0. The first kappa shape index (κ1) is 17.0. The second kappa shape index (κ2) is 21.3. The van der Waals surface area contributed by atoms with Crippen molar-refractivity contribution in [2.24, 2.45) is 0 Å². The molecule has 0 aromatic carbocycles. The fourth-order valence-corrected chi connectivity index (χ4v) is 0. The average molecular weight is 448 g/mol. The van der Waals surface area contributed by atoms with E-state index in [9.17, 15) is 0 Å². The topological polar surface area (TPSA) is 17.1 Å². The van der Waals surface area contributed by atoms with E-state index in [2.05, 4.69) is 0 Å². The third kappa shape index (κ3) is 9.18. The number of hydrogen-bond acceptors (Lipinski definition) is 1. The molecule has 0 spiro atoms. The van der Waals surface area contributed by atoms with Crippen LogP contribution in [-0.2, 0) is 64.5 Å². The average Bonchev–Trinajstić information content (AvgIpc) is 1.00. The second-order valence-corrected chi connectivity index (χ2v) is 0. The predicted octanol–water partition coefficient (Wildman–Crippen LogP) is -0.126. The minimum Gasteiger partial charge on any atom is 0 e. The van der Waals surface area contributed by atoms with Crippen LogP contribution in [0.15, 0.2) is 0 Å². The van der Waals surface area contributed by atoms with Crippen LogP contribution < -0.4 is 0 Å². The van der Waals surface area contributed by atoms with Gasteiger partial charge in [0.15, 0.2) is 0 Å². The fourth-order valence-electron chi connectivity index (χ4n) is 0. The van der Waals surface area contributed by atoms with Gasteiger partial charge in [-0.1, -0.05) is 0 Å². The van der Waals surface area contributed by atoms with Crippen LogP contribution >= 0.6 is 0 Å². The SMILES string of the molecule is [Au].[O]=[V].[W]. The molecule has 0 fully saturated rings. The maximum atomic E-state index is 8.19. The molecule has 0 aromatic heterocycles. The number of rotatable bonds is 0. The molecule has 1 radical (unpaired) electrons. The zero-order valence-corrected chi connectivity index (χ0v) is 8.06. The van der Waals surface area contributed by atoms with Gasteiger partial charge < -0.3 is 0 Å². The molecule has 0 saturated heterocycles. The van der Waals surface area contributed by atoms with Crippen LogP contribution in [0.4, 0.5) is 0 Å². The van der Waals surface area contributed by atoms with E-state index in [4.69, 9.17) is 3.67 Å². The summed E-state index contributed by atoms with van der Waals surface area (Å²) in [6, 6.07) is 0. The molecule has 0 atom stereocenters. The molecule has 0 saturated carbocycles. The van der Waals surface area contributed by atoms with Crippen LogP contribution in [-0.4, -0.2) is 0 Å². The summed E-state index contributed by atoms with van der Waals surface area (Å²) in [5, 5.41) is 0. The van der Waals surface area contributed by atoms with E-state index in [1.54, 1.807) is 0 Å². The Hall–Kier alpha value is 1.81. The smallest absolute Gasteiger partial charge is 0 e. The monoisotopic (exact) mass is 448 g/mol. The Balaban J connectivity index is -0.00000000500. The third-order valence-corrected chi connectivity index (χ3v) is 0. The molecular formula is AuOVW. The van der Waals surface area contributed by atoms with Gasteiger partial charge in [-0.2, -0.15) is 0 Å². The Morgan fingerprint density at radius 3 is 1.25 bits per heavy atom. The summed E-state index contributed by atoms with van der Waals surface area (Å²) in [5.74, 6) is 0. The summed E-state index contributed by atoms with van der Waals surface area (Å²) in [6.45, 7) is 0.